The van der Waals surface area contributed by atoms with Crippen LogP contribution in [0.25, 0.3) is 0 Å². The maximum Gasteiger partial charge on any atom is 0.243 e. The molecule has 98 valence electrons. The Morgan fingerprint density at radius 1 is 1.28 bits per heavy atom. The monoisotopic (exact) mass is 287 g/mol. The molecule has 0 saturated carbocycles. The Morgan fingerprint density at radius 2 is 1.89 bits per heavy atom. The molecule has 1 fully saturated rings. The zero-order valence-corrected chi connectivity index (χ0v) is 11.5. The Hall–Kier alpha value is -0.910. The molecule has 1 aliphatic heterocycles. The van der Waals surface area contributed by atoms with Crippen LogP contribution >= 0.6 is 11.6 Å². The molecule has 0 bridgehead atoms. The van der Waals surface area contributed by atoms with E-state index in [2.05, 4.69) is 0 Å². The summed E-state index contributed by atoms with van der Waals surface area (Å²) in [5, 5.41) is 0.496. The number of sulfonamides is 1. The number of Topliss-reactive ketones (excluding diaryl/α,β-unsaturated/α-hetero) is 1. The average molecular weight is 288 g/mol. The molecule has 1 aliphatic rings. The highest BCUT2D eigenvalue weighted by Gasteiger charge is 2.32. The van der Waals surface area contributed by atoms with E-state index in [1.807, 2.05) is 0 Å². The fourth-order valence-corrected chi connectivity index (χ4v) is 3.61. The highest BCUT2D eigenvalue weighted by molar-refractivity contribution is 7.89. The number of carbonyl (C=O) groups excluding carboxylic acids is 1. The van der Waals surface area contributed by atoms with Crippen molar-refractivity contribution in [2.24, 2.45) is 5.92 Å². The van der Waals surface area contributed by atoms with Gasteiger partial charge in [0.2, 0.25) is 10.0 Å². The Kier molecular flexibility index (Phi) is 3.75. The third-order valence-corrected chi connectivity index (χ3v) is 5.22. The molecule has 1 saturated heterocycles. The summed E-state index contributed by atoms with van der Waals surface area (Å²) < 4.78 is 26.0. The molecule has 18 heavy (non-hydrogen) atoms. The highest BCUT2D eigenvalue weighted by atomic mass is 35.5. The van der Waals surface area contributed by atoms with Crippen LogP contribution in [0.5, 0.6) is 0 Å². The van der Waals surface area contributed by atoms with Crippen molar-refractivity contribution < 1.29 is 13.2 Å². The second-order valence-electron chi connectivity index (χ2n) is 4.43. The van der Waals surface area contributed by atoms with Gasteiger partial charge in [0, 0.05) is 30.5 Å². The third-order valence-electron chi connectivity index (χ3n) is 3.09. The second-order valence-corrected chi connectivity index (χ2v) is 6.81. The number of halogens is 1. The molecule has 0 N–H and O–H groups in total. The molecule has 6 heteroatoms. The van der Waals surface area contributed by atoms with Crippen LogP contribution in [-0.4, -0.2) is 31.6 Å². The van der Waals surface area contributed by atoms with E-state index in [0.29, 0.717) is 5.02 Å². The summed E-state index contributed by atoms with van der Waals surface area (Å²) in [7, 11) is -3.51. The predicted octanol–water partition coefficient (Wildman–Crippen LogP) is 1.94. The van der Waals surface area contributed by atoms with E-state index in [9.17, 15) is 13.2 Å². The van der Waals surface area contributed by atoms with Crippen LogP contribution < -0.4 is 0 Å². The number of nitrogens with zero attached hydrogens (tertiary/aromatic N) is 1. The summed E-state index contributed by atoms with van der Waals surface area (Å²) in [6.07, 6.45) is 0.286. The molecule has 0 radical (unpaired) electrons. The summed E-state index contributed by atoms with van der Waals surface area (Å²) in [6, 6.07) is 6.07. The molecule has 0 amide bonds. The lowest BCUT2D eigenvalue weighted by Gasteiger charge is -2.29. The summed E-state index contributed by atoms with van der Waals surface area (Å²) in [5.74, 6) is -0.113. The Bertz CT molecular complexity index is 553. The minimum absolute atomic E-state index is 0.123. The van der Waals surface area contributed by atoms with Crippen LogP contribution in [-0.2, 0) is 14.8 Å². The molecule has 4 nitrogen and oxygen atoms in total. The number of benzene rings is 1. The van der Waals surface area contributed by atoms with Gasteiger partial charge in [-0.15, -0.1) is 0 Å². The molecule has 1 aromatic carbocycles. The first kappa shape index (κ1) is 13.5. The number of hydrogen-bond donors (Lipinski definition) is 0. The van der Waals surface area contributed by atoms with Crippen LogP contribution in [0.4, 0.5) is 0 Å². The maximum atomic E-state index is 12.3. The topological polar surface area (TPSA) is 54.5 Å². The minimum atomic E-state index is -3.51. The van der Waals surface area contributed by atoms with Crippen molar-refractivity contribution in [1.82, 2.24) is 4.31 Å². The predicted molar refractivity (Wildman–Crippen MR) is 69.0 cm³/mol. The van der Waals surface area contributed by atoms with Gasteiger partial charge in [0.1, 0.15) is 5.78 Å². The molecule has 1 unspecified atom stereocenters. The van der Waals surface area contributed by atoms with E-state index in [0.717, 1.165) is 0 Å². The van der Waals surface area contributed by atoms with Crippen LogP contribution in [0.15, 0.2) is 29.2 Å². The first-order valence-corrected chi connectivity index (χ1v) is 7.51. The Labute approximate surface area is 112 Å². The quantitative estimate of drug-likeness (QED) is 0.835. The molecular weight excluding hydrogens is 274 g/mol. The summed E-state index contributed by atoms with van der Waals surface area (Å²) >= 11 is 5.74. The van der Waals surface area contributed by atoms with Gasteiger partial charge in [-0.3, -0.25) is 4.79 Å². The number of ketones is 1. The lowest BCUT2D eigenvalue weighted by atomic mass is 10.0. The molecule has 2 rings (SSSR count). The molecule has 0 spiro atoms. The molecule has 0 aromatic heterocycles. The van der Waals surface area contributed by atoms with Crippen LogP contribution in [0.1, 0.15) is 13.3 Å². The fraction of sp³-hybridized carbons (Fsp3) is 0.417. The summed E-state index contributed by atoms with van der Waals surface area (Å²) in [6.45, 7) is 2.27. The molecule has 0 aliphatic carbocycles. The normalized spacial score (nSPS) is 22.1. The van der Waals surface area contributed by atoms with E-state index in [4.69, 9.17) is 11.6 Å². The van der Waals surface area contributed by atoms with Gasteiger partial charge in [-0.05, 0) is 24.3 Å². The Balaban J connectivity index is 2.26. The van der Waals surface area contributed by atoms with Crippen molar-refractivity contribution in [3.63, 3.8) is 0 Å². The van der Waals surface area contributed by atoms with Crippen molar-refractivity contribution in [2.45, 2.75) is 18.2 Å². The maximum absolute atomic E-state index is 12.3. The van der Waals surface area contributed by atoms with E-state index in [1.165, 1.54) is 16.4 Å². The number of hydrogen-bond acceptors (Lipinski definition) is 3. The smallest absolute Gasteiger partial charge is 0.243 e. The van der Waals surface area contributed by atoms with Crippen molar-refractivity contribution in [1.29, 1.82) is 0 Å². The number of piperidine rings is 1. The van der Waals surface area contributed by atoms with Crippen molar-refractivity contribution in [3.8, 4) is 0 Å². The van der Waals surface area contributed by atoms with E-state index >= 15 is 0 Å². The highest BCUT2D eigenvalue weighted by Crippen LogP contribution is 2.22. The third kappa shape index (κ3) is 2.58. The van der Waals surface area contributed by atoms with Gasteiger partial charge in [-0.1, -0.05) is 18.5 Å². The van der Waals surface area contributed by atoms with Gasteiger partial charge in [-0.25, -0.2) is 8.42 Å². The SMILES string of the molecule is CC1CN(S(=O)(=O)c2ccc(Cl)cc2)CCC1=O. The average Bonchev–Trinajstić information content (AvgIpc) is 2.33. The summed E-state index contributed by atoms with van der Waals surface area (Å²) in [5.41, 5.74) is 0. The van der Waals surface area contributed by atoms with Gasteiger partial charge >= 0.3 is 0 Å². The van der Waals surface area contributed by atoms with Gasteiger partial charge in [-0.2, -0.15) is 4.31 Å². The lowest BCUT2D eigenvalue weighted by Crippen LogP contribution is -2.43. The molecule has 1 aromatic rings. The number of carbonyl (C=O) groups is 1. The van der Waals surface area contributed by atoms with E-state index in [-0.39, 0.29) is 36.1 Å². The van der Waals surface area contributed by atoms with Crippen LogP contribution in [0, 0.1) is 5.92 Å². The zero-order chi connectivity index (χ0) is 13.3. The first-order chi connectivity index (χ1) is 8.41. The fourth-order valence-electron chi connectivity index (χ4n) is 1.95. The lowest BCUT2D eigenvalue weighted by molar-refractivity contribution is -0.124. The second kappa shape index (κ2) is 4.99. The van der Waals surface area contributed by atoms with Crippen LogP contribution in [0.2, 0.25) is 5.02 Å². The Morgan fingerprint density at radius 3 is 2.44 bits per heavy atom. The van der Waals surface area contributed by atoms with Crippen molar-refractivity contribution >= 4 is 27.4 Å². The minimum Gasteiger partial charge on any atom is -0.299 e. The standard InChI is InChI=1S/C12H14ClNO3S/c1-9-8-14(7-6-12(9)15)18(16,17)11-4-2-10(13)3-5-11/h2-5,9H,6-8H2,1H3. The zero-order valence-electron chi connectivity index (χ0n) is 9.97. The van der Waals surface area contributed by atoms with Gasteiger partial charge in [0.15, 0.2) is 0 Å². The molecule has 1 heterocycles. The summed E-state index contributed by atoms with van der Waals surface area (Å²) in [4.78, 5) is 11.6. The van der Waals surface area contributed by atoms with Crippen molar-refractivity contribution in [3.05, 3.63) is 29.3 Å². The van der Waals surface area contributed by atoms with Gasteiger partial charge in [0.25, 0.3) is 0 Å². The van der Waals surface area contributed by atoms with Gasteiger partial charge in [0.05, 0.1) is 4.90 Å². The first-order valence-electron chi connectivity index (χ1n) is 5.69. The van der Waals surface area contributed by atoms with Gasteiger partial charge < -0.3 is 0 Å². The largest absolute Gasteiger partial charge is 0.299 e. The number of rotatable bonds is 2. The molecular formula is C12H14ClNO3S. The molecule has 1 atom stereocenters. The van der Waals surface area contributed by atoms with E-state index in [1.54, 1.807) is 19.1 Å². The van der Waals surface area contributed by atoms with Crippen molar-refractivity contribution in [2.75, 3.05) is 13.1 Å². The van der Waals surface area contributed by atoms with E-state index < -0.39 is 10.0 Å². The van der Waals surface area contributed by atoms with Crippen LogP contribution in [0.3, 0.4) is 0 Å².